The highest BCUT2D eigenvalue weighted by atomic mass is 19.4. The Labute approximate surface area is 192 Å². The van der Waals surface area contributed by atoms with E-state index in [0.717, 1.165) is 25.0 Å². The summed E-state index contributed by atoms with van der Waals surface area (Å²) in [6, 6.07) is 7.64. The largest absolute Gasteiger partial charge is 0.505 e. The number of phenolic OH excluding ortho intramolecular Hbond substituents is 1. The first-order chi connectivity index (χ1) is 16.0. The van der Waals surface area contributed by atoms with Gasteiger partial charge in [0.1, 0.15) is 5.69 Å². The van der Waals surface area contributed by atoms with E-state index in [-0.39, 0.29) is 17.3 Å². The Morgan fingerprint density at radius 1 is 1.09 bits per heavy atom. The molecule has 0 saturated carbocycles. The van der Waals surface area contributed by atoms with E-state index in [9.17, 15) is 27.9 Å². The summed E-state index contributed by atoms with van der Waals surface area (Å²) >= 11 is 0. The Morgan fingerprint density at radius 3 is 2.32 bits per heavy atom. The van der Waals surface area contributed by atoms with E-state index >= 15 is 0 Å². The van der Waals surface area contributed by atoms with Crippen molar-refractivity contribution in [3.05, 3.63) is 30.3 Å². The Balaban J connectivity index is 0.000000509. The van der Waals surface area contributed by atoms with Crippen molar-refractivity contribution < 1.29 is 37.8 Å². The predicted octanol–water partition coefficient (Wildman–Crippen LogP) is 4.16. The molecule has 1 aliphatic rings. The average molecular weight is 483 g/mol. The Kier molecular flexibility index (Phi) is 9.30. The Morgan fingerprint density at radius 2 is 1.74 bits per heavy atom. The van der Waals surface area contributed by atoms with Crippen LogP contribution >= 0.6 is 0 Å². The topological polar surface area (TPSA) is 158 Å². The minimum atomic E-state index is -5.08. The number of fused-ring (bicyclic) bond motifs is 1. The van der Waals surface area contributed by atoms with Crippen molar-refractivity contribution in [3.63, 3.8) is 0 Å². The number of halogens is 3. The molecular weight excluding hydrogens is 459 g/mol. The molecule has 2 aromatic rings. The molecular formula is C21H24F3N5O5. The van der Waals surface area contributed by atoms with Crippen molar-refractivity contribution in [2.75, 3.05) is 25.0 Å². The molecule has 13 heteroatoms. The van der Waals surface area contributed by atoms with E-state index in [0.29, 0.717) is 17.5 Å². The molecule has 0 radical (unpaired) electrons. The number of alkyl halides is 3. The molecule has 1 heterocycles. The van der Waals surface area contributed by atoms with E-state index < -0.39 is 18.2 Å². The van der Waals surface area contributed by atoms with Crippen LogP contribution in [0.25, 0.3) is 10.8 Å². The van der Waals surface area contributed by atoms with Crippen molar-refractivity contribution in [1.29, 1.82) is 0 Å². The monoisotopic (exact) mass is 483 g/mol. The van der Waals surface area contributed by atoms with E-state index in [1.54, 1.807) is 18.2 Å². The van der Waals surface area contributed by atoms with E-state index in [2.05, 4.69) is 20.4 Å². The number of amides is 3. The lowest BCUT2D eigenvalue weighted by Gasteiger charge is -2.26. The molecule has 1 fully saturated rings. The summed E-state index contributed by atoms with van der Waals surface area (Å²) in [6.45, 7) is 2.80. The second kappa shape index (κ2) is 11.9. The average Bonchev–Trinajstić information content (AvgIpc) is 2.78. The maximum absolute atomic E-state index is 12.4. The first-order valence-corrected chi connectivity index (χ1v) is 10.3. The van der Waals surface area contributed by atoms with Crippen LogP contribution in [-0.4, -0.2) is 58.8 Å². The fourth-order valence-electron chi connectivity index (χ4n) is 3.29. The summed E-state index contributed by atoms with van der Waals surface area (Å²) in [4.78, 5) is 34.4. The molecule has 0 atom stereocenters. The van der Waals surface area contributed by atoms with Crippen LogP contribution in [-0.2, 0) is 9.59 Å². The number of piperidine rings is 1. The lowest BCUT2D eigenvalue weighted by Crippen LogP contribution is -2.32. The molecule has 0 aromatic heterocycles. The Hall–Kier alpha value is -3.74. The predicted molar refractivity (Wildman–Crippen MR) is 117 cm³/mol. The van der Waals surface area contributed by atoms with Crippen LogP contribution in [0.2, 0.25) is 0 Å². The zero-order valence-electron chi connectivity index (χ0n) is 18.0. The van der Waals surface area contributed by atoms with Crippen LogP contribution in [0.1, 0.15) is 25.7 Å². The number of carboxylic acids is 1. The van der Waals surface area contributed by atoms with Crippen molar-refractivity contribution in [1.82, 2.24) is 4.90 Å². The third-order valence-corrected chi connectivity index (χ3v) is 4.87. The summed E-state index contributed by atoms with van der Waals surface area (Å²) in [5, 5.41) is 28.6. The smallest absolute Gasteiger partial charge is 0.490 e. The third-order valence-electron chi connectivity index (χ3n) is 4.87. The van der Waals surface area contributed by atoms with Crippen molar-refractivity contribution in [3.8, 4) is 5.75 Å². The van der Waals surface area contributed by atoms with E-state index in [1.807, 2.05) is 6.07 Å². The van der Waals surface area contributed by atoms with Crippen molar-refractivity contribution in [2.45, 2.75) is 31.9 Å². The number of azo groups is 1. The van der Waals surface area contributed by atoms with Gasteiger partial charge in [-0.25, -0.2) is 9.59 Å². The van der Waals surface area contributed by atoms with E-state index in [1.165, 1.54) is 25.3 Å². The number of urea groups is 1. The first kappa shape index (κ1) is 26.5. The summed E-state index contributed by atoms with van der Waals surface area (Å²) in [6.07, 6.45) is -1.07. The fraction of sp³-hybridized carbons (Fsp3) is 0.381. The number of phenols is 1. The molecule has 5 N–H and O–H groups in total. The summed E-state index contributed by atoms with van der Waals surface area (Å²) in [7, 11) is 0. The van der Waals surface area contributed by atoms with Crippen molar-refractivity contribution >= 4 is 40.1 Å². The number of nitrogens with zero attached hydrogens (tertiary/aromatic N) is 3. The zero-order chi connectivity index (χ0) is 25.3. The van der Waals surface area contributed by atoms with Crippen LogP contribution < -0.4 is 11.1 Å². The molecule has 0 bridgehead atoms. The second-order valence-electron chi connectivity index (χ2n) is 7.38. The van der Waals surface area contributed by atoms with Gasteiger partial charge < -0.3 is 26.2 Å². The minimum absolute atomic E-state index is 0.108. The molecule has 3 amide bonds. The lowest BCUT2D eigenvalue weighted by atomic mass is 10.1. The van der Waals surface area contributed by atoms with Gasteiger partial charge in [-0.1, -0.05) is 29.7 Å². The number of carbonyl (C=O) groups is 3. The molecule has 1 saturated heterocycles. The van der Waals surface area contributed by atoms with Gasteiger partial charge in [0, 0.05) is 18.4 Å². The molecule has 1 aliphatic heterocycles. The number of primary amides is 1. The van der Waals surface area contributed by atoms with Gasteiger partial charge in [0.25, 0.3) is 0 Å². The number of likely N-dealkylation sites (tertiary alicyclic amines) is 1. The maximum atomic E-state index is 12.4. The normalized spacial score (nSPS) is 14.4. The number of carboxylic acid groups (broad SMARTS) is 1. The van der Waals surface area contributed by atoms with Gasteiger partial charge in [0.2, 0.25) is 5.91 Å². The number of anilines is 1. The minimum Gasteiger partial charge on any atom is -0.505 e. The van der Waals surface area contributed by atoms with Gasteiger partial charge in [-0.3, -0.25) is 4.79 Å². The molecule has 0 unspecified atom stereocenters. The first-order valence-electron chi connectivity index (χ1n) is 10.3. The highest BCUT2D eigenvalue weighted by molar-refractivity contribution is 6.06. The van der Waals surface area contributed by atoms with Gasteiger partial charge >= 0.3 is 18.2 Å². The third kappa shape index (κ3) is 7.99. The zero-order valence-corrected chi connectivity index (χ0v) is 18.0. The molecule has 0 spiro atoms. The number of rotatable bonds is 5. The molecule has 2 aromatic carbocycles. The quantitative estimate of drug-likeness (QED) is 0.468. The van der Waals surface area contributed by atoms with Gasteiger partial charge in [-0.2, -0.15) is 13.2 Å². The Bertz CT molecular complexity index is 1070. The van der Waals surface area contributed by atoms with Crippen LogP contribution in [0.15, 0.2) is 40.6 Å². The van der Waals surface area contributed by atoms with Crippen LogP contribution in [0.4, 0.5) is 29.3 Å². The SMILES string of the molecule is NC(=O)N=Nc1ccc2cccc(NC(=O)CCN3CCCCC3)c2c1O.O=C(O)C(F)(F)F. The number of hydrogen-bond donors (Lipinski definition) is 4. The number of benzene rings is 2. The number of carbonyl (C=O) groups excluding carboxylic acids is 2. The van der Waals surface area contributed by atoms with Gasteiger partial charge in [0.15, 0.2) is 5.75 Å². The van der Waals surface area contributed by atoms with Crippen LogP contribution in [0.5, 0.6) is 5.75 Å². The van der Waals surface area contributed by atoms with Crippen LogP contribution in [0, 0.1) is 0 Å². The molecule has 3 rings (SSSR count). The number of aromatic hydroxyl groups is 1. The summed E-state index contributed by atoms with van der Waals surface area (Å²) in [5.41, 5.74) is 5.55. The maximum Gasteiger partial charge on any atom is 0.490 e. The van der Waals surface area contributed by atoms with Gasteiger partial charge in [-0.15, -0.1) is 5.11 Å². The number of aliphatic carboxylic acids is 1. The molecule has 184 valence electrons. The molecule has 10 nitrogen and oxygen atoms in total. The van der Waals surface area contributed by atoms with Gasteiger partial charge in [0.05, 0.1) is 5.69 Å². The summed E-state index contributed by atoms with van der Waals surface area (Å²) < 4.78 is 31.7. The lowest BCUT2D eigenvalue weighted by molar-refractivity contribution is -0.192. The van der Waals surface area contributed by atoms with Gasteiger partial charge in [-0.05, 0) is 43.5 Å². The van der Waals surface area contributed by atoms with E-state index in [4.69, 9.17) is 15.6 Å². The number of nitrogens with one attached hydrogen (secondary N) is 1. The molecule has 0 aliphatic carbocycles. The standard InChI is InChI=1S/C19H23N5O3.C2HF3O2/c20-19(27)23-22-15-8-7-13-5-4-6-14(17(13)18(15)26)21-16(25)9-12-24-10-2-1-3-11-24;3-2(4,5)1(6)7/h4-8,26H,1-3,9-12H2,(H2,20,27)(H,21,25);(H,6,7). The summed E-state index contributed by atoms with van der Waals surface area (Å²) in [5.74, 6) is -3.03. The number of nitrogens with two attached hydrogens (primary N) is 1. The number of hydrogen-bond acceptors (Lipinski definition) is 6. The highest BCUT2D eigenvalue weighted by Gasteiger charge is 2.38. The van der Waals surface area contributed by atoms with Crippen LogP contribution in [0.3, 0.4) is 0 Å². The molecule has 34 heavy (non-hydrogen) atoms. The highest BCUT2D eigenvalue weighted by Crippen LogP contribution is 2.39. The second-order valence-corrected chi connectivity index (χ2v) is 7.38. The fourth-order valence-corrected chi connectivity index (χ4v) is 3.29. The van der Waals surface area contributed by atoms with Crippen molar-refractivity contribution in [2.24, 2.45) is 16.0 Å².